The summed E-state index contributed by atoms with van der Waals surface area (Å²) in [5.74, 6) is 2.07. The molecule has 8 nitrogen and oxygen atoms in total. The second-order valence-electron chi connectivity index (χ2n) is 10.9. The Labute approximate surface area is 250 Å². The minimum atomic E-state index is -0.515. The molecule has 0 bridgehead atoms. The van der Waals surface area contributed by atoms with Gasteiger partial charge in [0.05, 0.1) is 43.8 Å². The van der Waals surface area contributed by atoms with E-state index in [-0.39, 0.29) is 18.1 Å². The maximum absolute atomic E-state index is 9.91. The summed E-state index contributed by atoms with van der Waals surface area (Å²) in [5.41, 5.74) is 3.45. The van der Waals surface area contributed by atoms with E-state index in [4.69, 9.17) is 23.7 Å². The highest BCUT2D eigenvalue weighted by Gasteiger charge is 2.36. The molecular formula is C32H48N2O6S. The van der Waals surface area contributed by atoms with Gasteiger partial charge in [0.1, 0.15) is 12.4 Å². The molecule has 0 unspecified atom stereocenters. The van der Waals surface area contributed by atoms with Crippen LogP contribution in [0.15, 0.2) is 47.4 Å². The quantitative estimate of drug-likeness (QED) is 0.205. The molecule has 0 aliphatic carbocycles. The van der Waals surface area contributed by atoms with Crippen molar-refractivity contribution in [3.63, 3.8) is 0 Å². The number of anilines is 1. The third-order valence-corrected chi connectivity index (χ3v) is 8.64. The predicted octanol–water partition coefficient (Wildman–Crippen LogP) is 4.48. The van der Waals surface area contributed by atoms with Crippen LogP contribution < -0.4 is 15.0 Å². The number of nitrogens with zero attached hydrogens (tertiary/aromatic N) is 1. The number of aliphatic hydroxyl groups is 1. The number of methoxy groups -OCH3 is 2. The Bertz CT molecular complexity index is 1020. The van der Waals surface area contributed by atoms with E-state index in [9.17, 15) is 5.11 Å². The summed E-state index contributed by atoms with van der Waals surface area (Å²) in [7, 11) is 3.50. The normalized spacial score (nSPS) is 21.4. The summed E-state index contributed by atoms with van der Waals surface area (Å²) in [6.45, 7) is 8.10. The van der Waals surface area contributed by atoms with Crippen molar-refractivity contribution in [2.45, 2.75) is 61.9 Å². The number of rotatable bonds is 17. The van der Waals surface area contributed by atoms with E-state index < -0.39 is 6.10 Å². The molecule has 2 N–H and O–H groups in total. The van der Waals surface area contributed by atoms with Crippen LogP contribution in [-0.4, -0.2) is 96.0 Å². The number of hydrogen-bond donors (Lipinski definition) is 2. The van der Waals surface area contributed by atoms with Gasteiger partial charge in [-0.3, -0.25) is 0 Å². The molecule has 1 fully saturated rings. The fraction of sp³-hybridized carbons (Fsp3) is 0.625. The first-order valence-corrected chi connectivity index (χ1v) is 15.9. The highest BCUT2D eigenvalue weighted by atomic mass is 32.2. The minimum absolute atomic E-state index is 0.0576. The summed E-state index contributed by atoms with van der Waals surface area (Å²) < 4.78 is 29.2. The molecule has 0 radical (unpaired) electrons. The van der Waals surface area contributed by atoms with Gasteiger partial charge < -0.3 is 39.0 Å². The van der Waals surface area contributed by atoms with Crippen LogP contribution in [0.1, 0.15) is 43.2 Å². The molecule has 2 aliphatic heterocycles. The van der Waals surface area contributed by atoms with Crippen LogP contribution in [-0.2, 0) is 25.6 Å². The Morgan fingerprint density at radius 1 is 1.00 bits per heavy atom. The standard InChI is InChI=1S/C32H48N2O6S/c1-24(35)22-39-30-20-33-21-31(32(30)26-8-10-27(11-9-26)41-18-5-4-15-36-2)40-23-25-7-12-29-28(19-25)34(14-17-38-29)13-6-16-37-3/h7-12,19,24,30-33,35H,4-6,13-18,20-23H2,1-3H3/t24-,30-,31+,32+/m1/s1. The molecular weight excluding hydrogens is 540 g/mol. The zero-order valence-corrected chi connectivity index (χ0v) is 25.7. The van der Waals surface area contributed by atoms with Crippen molar-refractivity contribution in [2.24, 2.45) is 0 Å². The highest BCUT2D eigenvalue weighted by molar-refractivity contribution is 7.99. The number of thioether (sulfide) groups is 1. The van der Waals surface area contributed by atoms with E-state index in [1.54, 1.807) is 21.1 Å². The number of hydrogen-bond acceptors (Lipinski definition) is 9. The molecule has 0 aromatic heterocycles. The van der Waals surface area contributed by atoms with Crippen molar-refractivity contribution in [3.8, 4) is 5.75 Å². The number of piperidine rings is 1. The first kappa shape index (κ1) is 32.1. The van der Waals surface area contributed by atoms with Crippen molar-refractivity contribution in [2.75, 3.05) is 77.5 Å². The first-order chi connectivity index (χ1) is 20.1. The smallest absolute Gasteiger partial charge is 0.142 e. The van der Waals surface area contributed by atoms with Gasteiger partial charge in [0.25, 0.3) is 0 Å². The molecule has 9 heteroatoms. The largest absolute Gasteiger partial charge is 0.490 e. The zero-order valence-electron chi connectivity index (χ0n) is 24.9. The fourth-order valence-corrected chi connectivity index (χ4v) is 6.36. The summed E-state index contributed by atoms with van der Waals surface area (Å²) in [4.78, 5) is 3.65. The molecule has 0 amide bonds. The van der Waals surface area contributed by atoms with Crippen LogP contribution in [0, 0.1) is 0 Å². The molecule has 41 heavy (non-hydrogen) atoms. The van der Waals surface area contributed by atoms with Gasteiger partial charge in [0.15, 0.2) is 0 Å². The number of fused-ring (bicyclic) bond motifs is 1. The Hall–Kier alpha value is -1.85. The average molecular weight is 589 g/mol. The number of ether oxygens (including phenoxy) is 5. The molecule has 2 aromatic rings. The monoisotopic (exact) mass is 588 g/mol. The van der Waals surface area contributed by atoms with E-state index >= 15 is 0 Å². The fourth-order valence-electron chi connectivity index (χ4n) is 5.45. The average Bonchev–Trinajstić information content (AvgIpc) is 2.99. The van der Waals surface area contributed by atoms with E-state index in [0.717, 1.165) is 81.4 Å². The maximum atomic E-state index is 9.91. The van der Waals surface area contributed by atoms with Gasteiger partial charge in [-0.05, 0) is 67.3 Å². The molecule has 2 aromatic carbocycles. The van der Waals surface area contributed by atoms with Crippen molar-refractivity contribution < 1.29 is 28.8 Å². The van der Waals surface area contributed by atoms with Crippen molar-refractivity contribution in [1.29, 1.82) is 0 Å². The Morgan fingerprint density at radius 2 is 1.76 bits per heavy atom. The number of nitrogens with one attached hydrogen (secondary N) is 1. The van der Waals surface area contributed by atoms with Gasteiger partial charge in [0.2, 0.25) is 0 Å². The van der Waals surface area contributed by atoms with Crippen LogP contribution in [0.25, 0.3) is 0 Å². The molecule has 228 valence electrons. The van der Waals surface area contributed by atoms with E-state index in [1.165, 1.54) is 10.5 Å². The minimum Gasteiger partial charge on any atom is -0.490 e. The van der Waals surface area contributed by atoms with E-state index in [0.29, 0.717) is 19.8 Å². The Kier molecular flexibility index (Phi) is 13.5. The molecule has 0 spiro atoms. The summed E-state index contributed by atoms with van der Waals surface area (Å²) in [5, 5.41) is 13.4. The second kappa shape index (κ2) is 17.3. The molecule has 1 saturated heterocycles. The Balaban J connectivity index is 1.44. The lowest BCUT2D eigenvalue weighted by Crippen LogP contribution is -2.51. The van der Waals surface area contributed by atoms with Gasteiger partial charge in [-0.15, -0.1) is 11.8 Å². The molecule has 4 rings (SSSR count). The topological polar surface area (TPSA) is 81.7 Å². The van der Waals surface area contributed by atoms with Crippen LogP contribution in [0.5, 0.6) is 5.75 Å². The molecule has 0 saturated carbocycles. The van der Waals surface area contributed by atoms with E-state index in [2.05, 4.69) is 52.7 Å². The molecule has 2 aliphatic rings. The van der Waals surface area contributed by atoms with Crippen molar-refractivity contribution in [3.05, 3.63) is 53.6 Å². The SMILES string of the molecule is COCCCCSc1ccc([C@@H]2[C@@H](OCc3ccc4c(c3)N(CCCOC)CCO4)CNC[C@H]2OC[C@@H](C)O)cc1. The third kappa shape index (κ3) is 9.85. The highest BCUT2D eigenvalue weighted by Crippen LogP contribution is 2.35. The van der Waals surface area contributed by atoms with E-state index in [1.807, 2.05) is 11.8 Å². The summed E-state index contributed by atoms with van der Waals surface area (Å²) in [6.07, 6.45) is 2.52. The van der Waals surface area contributed by atoms with Crippen LogP contribution in [0.3, 0.4) is 0 Å². The Morgan fingerprint density at radius 3 is 2.51 bits per heavy atom. The lowest BCUT2D eigenvalue weighted by Gasteiger charge is -2.39. The third-order valence-electron chi connectivity index (χ3n) is 7.54. The lowest BCUT2D eigenvalue weighted by molar-refractivity contribution is -0.0752. The molecule has 4 atom stereocenters. The van der Waals surface area contributed by atoms with Gasteiger partial charge in [-0.25, -0.2) is 0 Å². The van der Waals surface area contributed by atoms with Gasteiger partial charge in [-0.2, -0.15) is 0 Å². The van der Waals surface area contributed by atoms with Crippen LogP contribution >= 0.6 is 11.8 Å². The van der Waals surface area contributed by atoms with Crippen molar-refractivity contribution >= 4 is 17.4 Å². The summed E-state index contributed by atoms with van der Waals surface area (Å²) in [6, 6.07) is 15.2. The number of benzene rings is 2. The van der Waals surface area contributed by atoms with Gasteiger partial charge in [-0.1, -0.05) is 18.2 Å². The summed E-state index contributed by atoms with van der Waals surface area (Å²) >= 11 is 1.88. The zero-order chi connectivity index (χ0) is 28.9. The number of unbranched alkanes of at least 4 members (excludes halogenated alkanes) is 1. The lowest BCUT2D eigenvalue weighted by atomic mass is 9.85. The number of aliphatic hydroxyl groups excluding tert-OH is 1. The van der Waals surface area contributed by atoms with Crippen LogP contribution in [0.2, 0.25) is 0 Å². The second-order valence-corrected chi connectivity index (χ2v) is 12.0. The maximum Gasteiger partial charge on any atom is 0.142 e. The van der Waals surface area contributed by atoms with Gasteiger partial charge >= 0.3 is 0 Å². The van der Waals surface area contributed by atoms with Gasteiger partial charge in [0, 0.05) is 57.9 Å². The first-order valence-electron chi connectivity index (χ1n) is 14.9. The predicted molar refractivity (Wildman–Crippen MR) is 165 cm³/mol. The van der Waals surface area contributed by atoms with Crippen LogP contribution in [0.4, 0.5) is 5.69 Å². The van der Waals surface area contributed by atoms with Crippen molar-refractivity contribution in [1.82, 2.24) is 5.32 Å². The molecule has 2 heterocycles.